The van der Waals surface area contributed by atoms with Crippen molar-refractivity contribution in [1.82, 2.24) is 14.9 Å². The molecule has 0 amide bonds. The molecule has 0 saturated carbocycles. The first-order valence-corrected chi connectivity index (χ1v) is 6.43. The van der Waals surface area contributed by atoms with Gasteiger partial charge >= 0.3 is 0 Å². The lowest BCUT2D eigenvalue weighted by atomic mass is 10.1. The summed E-state index contributed by atoms with van der Waals surface area (Å²) in [6, 6.07) is 6.22. The van der Waals surface area contributed by atoms with Crippen LogP contribution >= 0.6 is 0 Å². The first kappa shape index (κ1) is 11.4. The van der Waals surface area contributed by atoms with Crippen molar-refractivity contribution in [2.24, 2.45) is 0 Å². The smallest absolute Gasteiger partial charge is 0.261 e. The van der Waals surface area contributed by atoms with E-state index < -0.39 is 0 Å². The van der Waals surface area contributed by atoms with E-state index in [4.69, 9.17) is 0 Å². The van der Waals surface area contributed by atoms with E-state index in [1.165, 1.54) is 6.42 Å². The number of aromatic nitrogens is 2. The van der Waals surface area contributed by atoms with Crippen molar-refractivity contribution in [2.75, 3.05) is 6.54 Å². The molecule has 4 nitrogen and oxygen atoms in total. The van der Waals surface area contributed by atoms with Crippen LogP contribution in [-0.4, -0.2) is 22.1 Å². The number of benzene rings is 1. The quantitative estimate of drug-likeness (QED) is 0.868. The van der Waals surface area contributed by atoms with E-state index in [2.05, 4.69) is 10.3 Å². The van der Waals surface area contributed by atoms with Crippen LogP contribution in [0.15, 0.2) is 29.3 Å². The largest absolute Gasteiger partial charge is 0.312 e. The number of fused-ring (bicyclic) bond motifs is 1. The molecule has 0 radical (unpaired) electrons. The molecule has 94 valence electrons. The van der Waals surface area contributed by atoms with E-state index in [0.717, 1.165) is 36.0 Å². The van der Waals surface area contributed by atoms with Gasteiger partial charge in [0.2, 0.25) is 0 Å². The molecule has 0 bridgehead atoms. The van der Waals surface area contributed by atoms with Crippen LogP contribution in [0.5, 0.6) is 0 Å². The van der Waals surface area contributed by atoms with Gasteiger partial charge in [0.25, 0.3) is 5.56 Å². The predicted molar refractivity (Wildman–Crippen MR) is 71.8 cm³/mol. The molecule has 1 N–H and O–H groups in total. The van der Waals surface area contributed by atoms with Crippen molar-refractivity contribution >= 4 is 10.9 Å². The molecule has 1 saturated heterocycles. The molecular weight excluding hydrogens is 226 g/mol. The third kappa shape index (κ3) is 2.04. The minimum atomic E-state index is 0.0670. The molecule has 3 rings (SSSR count). The zero-order valence-electron chi connectivity index (χ0n) is 10.5. The van der Waals surface area contributed by atoms with Crippen LogP contribution in [0.25, 0.3) is 10.9 Å². The van der Waals surface area contributed by atoms with Gasteiger partial charge in [-0.1, -0.05) is 11.6 Å². The Morgan fingerprint density at radius 3 is 3.17 bits per heavy atom. The lowest BCUT2D eigenvalue weighted by molar-refractivity contribution is 0.497. The second kappa shape index (κ2) is 4.53. The summed E-state index contributed by atoms with van der Waals surface area (Å²) in [5, 5.41) is 4.12. The van der Waals surface area contributed by atoms with Gasteiger partial charge in [-0.2, -0.15) is 0 Å². The van der Waals surface area contributed by atoms with Gasteiger partial charge in [0, 0.05) is 12.6 Å². The number of nitrogens with one attached hydrogen (secondary N) is 1. The summed E-state index contributed by atoms with van der Waals surface area (Å²) in [4.78, 5) is 16.7. The third-order valence-corrected chi connectivity index (χ3v) is 3.56. The number of hydrogen-bond donors (Lipinski definition) is 1. The van der Waals surface area contributed by atoms with Crippen LogP contribution in [-0.2, 0) is 6.54 Å². The monoisotopic (exact) mass is 243 g/mol. The second-order valence-corrected chi connectivity index (χ2v) is 5.02. The molecule has 1 aliphatic rings. The van der Waals surface area contributed by atoms with Gasteiger partial charge < -0.3 is 5.32 Å². The van der Waals surface area contributed by atoms with E-state index in [0.29, 0.717) is 6.04 Å². The van der Waals surface area contributed by atoms with Crippen LogP contribution < -0.4 is 10.9 Å². The maximum absolute atomic E-state index is 12.4. The lowest BCUT2D eigenvalue weighted by Gasteiger charge is -2.12. The molecule has 1 aromatic heterocycles. The fourth-order valence-electron chi connectivity index (χ4n) is 2.55. The van der Waals surface area contributed by atoms with Gasteiger partial charge in [-0.15, -0.1) is 0 Å². The Balaban J connectivity index is 2.02. The van der Waals surface area contributed by atoms with Crippen molar-refractivity contribution < 1.29 is 0 Å². The highest BCUT2D eigenvalue weighted by molar-refractivity contribution is 5.77. The second-order valence-electron chi connectivity index (χ2n) is 5.02. The molecule has 2 heterocycles. The summed E-state index contributed by atoms with van der Waals surface area (Å²) in [5.41, 5.74) is 1.94. The van der Waals surface area contributed by atoms with E-state index in [-0.39, 0.29) is 5.56 Å². The van der Waals surface area contributed by atoms with Gasteiger partial charge in [-0.25, -0.2) is 4.98 Å². The molecular formula is C14H17N3O. The summed E-state index contributed by atoms with van der Waals surface area (Å²) in [6.45, 7) is 3.77. The molecule has 1 atom stereocenters. The fourth-order valence-corrected chi connectivity index (χ4v) is 2.55. The SMILES string of the molecule is Cc1ccc2ncn(CC3CCCN3)c(=O)c2c1. The van der Waals surface area contributed by atoms with Crippen molar-refractivity contribution in [3.63, 3.8) is 0 Å². The normalized spacial score (nSPS) is 19.5. The molecule has 4 heteroatoms. The van der Waals surface area contributed by atoms with E-state index >= 15 is 0 Å². The van der Waals surface area contributed by atoms with Crippen LogP contribution in [0, 0.1) is 6.92 Å². The van der Waals surface area contributed by atoms with Crippen LogP contribution in [0.1, 0.15) is 18.4 Å². The third-order valence-electron chi connectivity index (χ3n) is 3.56. The predicted octanol–water partition coefficient (Wildman–Crippen LogP) is 1.46. The summed E-state index contributed by atoms with van der Waals surface area (Å²) in [5.74, 6) is 0. The number of rotatable bonds is 2. The highest BCUT2D eigenvalue weighted by Crippen LogP contribution is 2.10. The first-order valence-electron chi connectivity index (χ1n) is 6.43. The van der Waals surface area contributed by atoms with Crippen LogP contribution in [0.2, 0.25) is 0 Å². The summed E-state index contributed by atoms with van der Waals surface area (Å²) < 4.78 is 1.73. The molecule has 1 fully saturated rings. The van der Waals surface area contributed by atoms with E-state index in [1.54, 1.807) is 10.9 Å². The molecule has 0 spiro atoms. The fraction of sp³-hybridized carbons (Fsp3) is 0.429. The number of aryl methyl sites for hydroxylation is 1. The minimum absolute atomic E-state index is 0.0670. The zero-order valence-corrected chi connectivity index (χ0v) is 10.5. The van der Waals surface area contributed by atoms with Crippen molar-refractivity contribution in [3.05, 3.63) is 40.4 Å². The maximum atomic E-state index is 12.4. The maximum Gasteiger partial charge on any atom is 0.261 e. The van der Waals surface area contributed by atoms with E-state index in [1.807, 2.05) is 25.1 Å². The molecule has 1 unspecified atom stereocenters. The highest BCUT2D eigenvalue weighted by Gasteiger charge is 2.15. The van der Waals surface area contributed by atoms with Crippen molar-refractivity contribution in [3.8, 4) is 0 Å². The zero-order chi connectivity index (χ0) is 12.5. The Morgan fingerprint density at radius 1 is 1.50 bits per heavy atom. The lowest BCUT2D eigenvalue weighted by Crippen LogP contribution is -2.32. The van der Waals surface area contributed by atoms with Gasteiger partial charge in [-0.05, 0) is 38.4 Å². The van der Waals surface area contributed by atoms with Crippen LogP contribution in [0.3, 0.4) is 0 Å². The topological polar surface area (TPSA) is 46.9 Å². The average molecular weight is 243 g/mol. The minimum Gasteiger partial charge on any atom is -0.312 e. The Hall–Kier alpha value is -1.68. The van der Waals surface area contributed by atoms with Crippen molar-refractivity contribution in [2.45, 2.75) is 32.4 Å². The molecule has 18 heavy (non-hydrogen) atoms. The van der Waals surface area contributed by atoms with Gasteiger partial charge in [0.05, 0.1) is 17.2 Å². The molecule has 1 aliphatic heterocycles. The summed E-state index contributed by atoms with van der Waals surface area (Å²) >= 11 is 0. The Morgan fingerprint density at radius 2 is 2.39 bits per heavy atom. The first-order chi connectivity index (χ1) is 8.74. The highest BCUT2D eigenvalue weighted by atomic mass is 16.1. The van der Waals surface area contributed by atoms with Gasteiger partial charge in [-0.3, -0.25) is 9.36 Å². The molecule has 2 aromatic rings. The molecule has 0 aliphatic carbocycles. The average Bonchev–Trinajstić information content (AvgIpc) is 2.86. The number of hydrogen-bond acceptors (Lipinski definition) is 3. The number of nitrogens with zero attached hydrogens (tertiary/aromatic N) is 2. The van der Waals surface area contributed by atoms with Crippen molar-refractivity contribution in [1.29, 1.82) is 0 Å². The molecule has 1 aromatic carbocycles. The summed E-state index contributed by atoms with van der Waals surface area (Å²) in [7, 11) is 0. The van der Waals surface area contributed by atoms with Gasteiger partial charge in [0.1, 0.15) is 0 Å². The van der Waals surface area contributed by atoms with Gasteiger partial charge in [0.15, 0.2) is 0 Å². The Bertz CT molecular complexity index is 626. The van der Waals surface area contributed by atoms with E-state index in [9.17, 15) is 4.79 Å². The Labute approximate surface area is 106 Å². The van der Waals surface area contributed by atoms with Crippen LogP contribution in [0.4, 0.5) is 0 Å². The summed E-state index contributed by atoms with van der Waals surface area (Å²) in [6.07, 6.45) is 4.00. The Kier molecular flexibility index (Phi) is 2.88. The standard InChI is InChI=1S/C14H17N3O/c1-10-4-5-13-12(7-10)14(18)17(9-16-13)8-11-3-2-6-15-11/h4-5,7,9,11,15H,2-3,6,8H2,1H3.